The molecule has 8 heteroatoms. The smallest absolute Gasteiger partial charge is 0.242 e. The van der Waals surface area contributed by atoms with Gasteiger partial charge in [0.2, 0.25) is 11.8 Å². The lowest BCUT2D eigenvalue weighted by atomic mass is 10.1. The van der Waals surface area contributed by atoms with E-state index in [9.17, 15) is 9.59 Å². The Hall–Kier alpha value is -1.40. The van der Waals surface area contributed by atoms with E-state index in [0.717, 1.165) is 17.5 Å². The number of halogens is 3. The highest BCUT2D eigenvalue weighted by molar-refractivity contribution is 7.99. The van der Waals surface area contributed by atoms with Gasteiger partial charge in [0.05, 0.1) is 5.75 Å². The van der Waals surface area contributed by atoms with Crippen LogP contribution in [-0.4, -0.2) is 34.6 Å². The summed E-state index contributed by atoms with van der Waals surface area (Å²) in [4.78, 5) is 27.4. The minimum Gasteiger partial charge on any atom is -0.352 e. The van der Waals surface area contributed by atoms with Gasteiger partial charge in [0.25, 0.3) is 0 Å². The predicted molar refractivity (Wildman–Crippen MR) is 132 cm³/mol. The van der Waals surface area contributed by atoms with Crippen LogP contribution in [0.4, 0.5) is 0 Å². The summed E-state index contributed by atoms with van der Waals surface area (Å²) in [7, 11) is 0. The third-order valence-corrected chi connectivity index (χ3v) is 6.72. The number of amides is 2. The summed E-state index contributed by atoms with van der Waals surface area (Å²) < 4.78 is 0. The molecule has 0 aromatic heterocycles. The molecule has 0 aliphatic rings. The summed E-state index contributed by atoms with van der Waals surface area (Å²) in [5, 5.41) is 4.60. The van der Waals surface area contributed by atoms with Crippen LogP contribution in [0.3, 0.4) is 0 Å². The lowest BCUT2D eigenvalue weighted by Gasteiger charge is -2.30. The fourth-order valence-corrected chi connectivity index (χ4v) is 4.39. The number of nitrogens with zero attached hydrogens (tertiary/aromatic N) is 1. The maximum Gasteiger partial charge on any atom is 0.242 e. The maximum absolute atomic E-state index is 13.1. The second kappa shape index (κ2) is 12.6. The second-order valence-electron chi connectivity index (χ2n) is 7.37. The van der Waals surface area contributed by atoms with Crippen molar-refractivity contribution in [1.82, 2.24) is 10.2 Å². The summed E-state index contributed by atoms with van der Waals surface area (Å²) in [5.74, 6) is 0.561. The summed E-state index contributed by atoms with van der Waals surface area (Å²) >= 11 is 19.8. The topological polar surface area (TPSA) is 49.4 Å². The van der Waals surface area contributed by atoms with Gasteiger partial charge in [-0.25, -0.2) is 0 Å². The lowest BCUT2D eigenvalue weighted by Crippen LogP contribution is -2.50. The number of hydrogen-bond donors (Lipinski definition) is 1. The molecule has 0 unspecified atom stereocenters. The summed E-state index contributed by atoms with van der Waals surface area (Å²) in [5.41, 5.74) is 1.78. The highest BCUT2D eigenvalue weighted by atomic mass is 35.5. The Labute approximate surface area is 203 Å². The molecule has 2 amide bonds. The van der Waals surface area contributed by atoms with E-state index >= 15 is 0 Å². The minimum absolute atomic E-state index is 0.0308. The average molecular weight is 502 g/mol. The fourth-order valence-electron chi connectivity index (χ4n) is 2.85. The largest absolute Gasteiger partial charge is 0.352 e. The highest BCUT2D eigenvalue weighted by Crippen LogP contribution is 2.24. The number of benzene rings is 2. The molecule has 0 radical (unpaired) electrons. The number of carbonyl (C=O) groups is 2. The molecule has 2 rings (SSSR count). The third kappa shape index (κ3) is 8.23. The maximum atomic E-state index is 13.1. The van der Waals surface area contributed by atoms with Crippen molar-refractivity contribution in [2.24, 2.45) is 0 Å². The summed E-state index contributed by atoms with van der Waals surface area (Å²) in [6.45, 7) is 5.90. The predicted octanol–water partition coefficient (Wildman–Crippen LogP) is 6.21. The van der Waals surface area contributed by atoms with E-state index in [4.69, 9.17) is 34.8 Å². The molecule has 0 saturated carbocycles. The number of rotatable bonds is 10. The van der Waals surface area contributed by atoms with Crippen LogP contribution in [0.25, 0.3) is 0 Å². The first-order chi connectivity index (χ1) is 14.7. The molecule has 2 atom stereocenters. The van der Waals surface area contributed by atoms with Gasteiger partial charge in [-0.1, -0.05) is 59.9 Å². The van der Waals surface area contributed by atoms with Gasteiger partial charge in [-0.2, -0.15) is 0 Å². The van der Waals surface area contributed by atoms with Crippen LogP contribution < -0.4 is 5.32 Å². The number of nitrogens with one attached hydrogen (secondary N) is 1. The van der Waals surface area contributed by atoms with Crippen LogP contribution in [0, 0.1) is 0 Å². The molecule has 0 aliphatic carbocycles. The van der Waals surface area contributed by atoms with Gasteiger partial charge >= 0.3 is 0 Å². The van der Waals surface area contributed by atoms with Crippen LogP contribution in [0.5, 0.6) is 0 Å². The zero-order chi connectivity index (χ0) is 23.0. The van der Waals surface area contributed by atoms with Crippen LogP contribution >= 0.6 is 46.6 Å². The number of carbonyl (C=O) groups excluding carboxylic acids is 2. The van der Waals surface area contributed by atoms with Gasteiger partial charge in [-0.3, -0.25) is 9.59 Å². The molecular formula is C23H27Cl3N2O2S. The molecule has 1 N–H and O–H groups in total. The molecule has 31 heavy (non-hydrogen) atoms. The molecule has 0 aliphatic heterocycles. The second-order valence-corrected chi connectivity index (χ2v) is 9.64. The first-order valence-corrected chi connectivity index (χ1v) is 12.4. The van der Waals surface area contributed by atoms with Gasteiger partial charge in [0.15, 0.2) is 0 Å². The van der Waals surface area contributed by atoms with Crippen LogP contribution in [-0.2, 0) is 21.9 Å². The Balaban J connectivity index is 2.12. The summed E-state index contributed by atoms with van der Waals surface area (Å²) in [6.07, 6.45) is 0.810. The SMILES string of the molecule is CC[C@@H](C)NC(=O)[C@H](C)N(Cc1ccc(Cl)cc1Cl)C(=O)CSCc1cccc(Cl)c1. The highest BCUT2D eigenvalue weighted by Gasteiger charge is 2.27. The first-order valence-electron chi connectivity index (χ1n) is 10.1. The Morgan fingerprint density at radius 1 is 1.06 bits per heavy atom. The van der Waals surface area contributed by atoms with E-state index < -0.39 is 6.04 Å². The monoisotopic (exact) mass is 500 g/mol. The van der Waals surface area contributed by atoms with Gasteiger partial charge < -0.3 is 10.2 Å². The summed E-state index contributed by atoms with van der Waals surface area (Å²) in [6, 6.07) is 12.1. The Morgan fingerprint density at radius 2 is 1.77 bits per heavy atom. The fraction of sp³-hybridized carbons (Fsp3) is 0.391. The number of hydrogen-bond acceptors (Lipinski definition) is 3. The number of thioether (sulfide) groups is 1. The van der Waals surface area contributed by atoms with Gasteiger partial charge in [-0.15, -0.1) is 11.8 Å². The van der Waals surface area contributed by atoms with Crippen molar-refractivity contribution < 1.29 is 9.59 Å². The van der Waals surface area contributed by atoms with E-state index in [1.54, 1.807) is 30.0 Å². The third-order valence-electron chi connectivity index (χ3n) is 4.91. The molecule has 0 spiro atoms. The van der Waals surface area contributed by atoms with E-state index in [1.807, 2.05) is 38.1 Å². The molecule has 0 saturated heterocycles. The van der Waals surface area contributed by atoms with E-state index in [-0.39, 0.29) is 30.2 Å². The van der Waals surface area contributed by atoms with Crippen molar-refractivity contribution in [3.05, 3.63) is 68.7 Å². The van der Waals surface area contributed by atoms with E-state index in [1.165, 1.54) is 11.8 Å². The van der Waals surface area contributed by atoms with Crippen molar-refractivity contribution >= 4 is 58.4 Å². The van der Waals surface area contributed by atoms with Crippen LogP contribution in [0.2, 0.25) is 15.1 Å². The lowest BCUT2D eigenvalue weighted by molar-refractivity contribution is -0.138. The quantitative estimate of drug-likeness (QED) is 0.421. The molecule has 0 bridgehead atoms. The first kappa shape index (κ1) is 25.9. The zero-order valence-corrected chi connectivity index (χ0v) is 20.9. The van der Waals surface area contributed by atoms with Gasteiger partial charge in [0, 0.05) is 33.4 Å². The standard InChI is InChI=1S/C23H27Cl3N2O2S/c1-4-15(2)27-23(30)16(3)28(12-18-8-9-20(25)11-21(18)26)22(29)14-31-13-17-6-5-7-19(24)10-17/h5-11,15-16H,4,12-14H2,1-3H3,(H,27,30)/t15-,16+/m1/s1. The molecule has 2 aromatic carbocycles. The van der Waals surface area contributed by atoms with Gasteiger partial charge in [-0.05, 0) is 55.7 Å². The van der Waals surface area contributed by atoms with Crippen LogP contribution in [0.1, 0.15) is 38.3 Å². The van der Waals surface area contributed by atoms with Crippen molar-refractivity contribution in [2.75, 3.05) is 5.75 Å². The molecule has 2 aromatic rings. The van der Waals surface area contributed by atoms with Crippen LogP contribution in [0.15, 0.2) is 42.5 Å². The Kier molecular flexibility index (Phi) is 10.5. The van der Waals surface area contributed by atoms with Crippen molar-refractivity contribution in [1.29, 1.82) is 0 Å². The Bertz CT molecular complexity index is 910. The molecule has 4 nitrogen and oxygen atoms in total. The zero-order valence-electron chi connectivity index (χ0n) is 17.8. The molecular weight excluding hydrogens is 475 g/mol. The molecule has 168 valence electrons. The normalized spacial score (nSPS) is 12.8. The Morgan fingerprint density at radius 3 is 2.42 bits per heavy atom. The van der Waals surface area contributed by atoms with E-state index in [0.29, 0.717) is 20.8 Å². The van der Waals surface area contributed by atoms with Crippen molar-refractivity contribution in [3.8, 4) is 0 Å². The average Bonchev–Trinajstić information content (AvgIpc) is 2.72. The van der Waals surface area contributed by atoms with Gasteiger partial charge in [0.1, 0.15) is 6.04 Å². The molecule has 0 fully saturated rings. The minimum atomic E-state index is -0.639. The molecule has 0 heterocycles. The van der Waals surface area contributed by atoms with E-state index in [2.05, 4.69) is 5.32 Å². The van der Waals surface area contributed by atoms with Crippen molar-refractivity contribution in [2.45, 2.75) is 51.6 Å². The van der Waals surface area contributed by atoms with Crippen molar-refractivity contribution in [3.63, 3.8) is 0 Å².